The SMILES string of the molecule is CCC(CSC)N(C)C(=O)c1c(O)cccc1O. The number of phenols is 2. The molecule has 0 aromatic heterocycles. The molecule has 5 heteroatoms. The van der Waals surface area contributed by atoms with Crippen molar-refractivity contribution >= 4 is 17.7 Å². The number of aromatic hydroxyl groups is 2. The summed E-state index contributed by atoms with van der Waals surface area (Å²) in [5.41, 5.74) is -0.0282. The number of hydrogen-bond acceptors (Lipinski definition) is 4. The molecule has 4 nitrogen and oxygen atoms in total. The molecule has 0 aliphatic heterocycles. The van der Waals surface area contributed by atoms with Crippen LogP contribution in [0, 0.1) is 0 Å². The molecular weight excluding hydrogens is 250 g/mol. The molecule has 2 N–H and O–H groups in total. The van der Waals surface area contributed by atoms with Crippen molar-refractivity contribution in [1.29, 1.82) is 0 Å². The molecule has 0 fully saturated rings. The van der Waals surface area contributed by atoms with E-state index in [-0.39, 0.29) is 29.0 Å². The summed E-state index contributed by atoms with van der Waals surface area (Å²) in [5, 5.41) is 19.4. The Bertz CT molecular complexity index is 402. The summed E-state index contributed by atoms with van der Waals surface area (Å²) in [4.78, 5) is 13.8. The fraction of sp³-hybridized carbons (Fsp3) is 0.462. The van der Waals surface area contributed by atoms with Gasteiger partial charge in [0.15, 0.2) is 0 Å². The molecule has 18 heavy (non-hydrogen) atoms. The van der Waals surface area contributed by atoms with E-state index in [0.717, 1.165) is 12.2 Å². The van der Waals surface area contributed by atoms with E-state index >= 15 is 0 Å². The van der Waals surface area contributed by atoms with Crippen molar-refractivity contribution in [2.75, 3.05) is 19.1 Å². The van der Waals surface area contributed by atoms with Crippen molar-refractivity contribution in [2.45, 2.75) is 19.4 Å². The third-order valence-electron chi connectivity index (χ3n) is 2.93. The lowest BCUT2D eigenvalue weighted by atomic mass is 10.1. The normalized spacial score (nSPS) is 12.2. The fourth-order valence-electron chi connectivity index (χ4n) is 1.79. The number of thioether (sulfide) groups is 1. The van der Waals surface area contributed by atoms with Gasteiger partial charge in [0.05, 0.1) is 0 Å². The molecule has 0 saturated heterocycles. The van der Waals surface area contributed by atoms with Gasteiger partial charge in [-0.2, -0.15) is 11.8 Å². The highest BCUT2D eigenvalue weighted by molar-refractivity contribution is 7.98. The molecule has 0 aliphatic carbocycles. The lowest BCUT2D eigenvalue weighted by molar-refractivity contribution is 0.0737. The van der Waals surface area contributed by atoms with Crippen LogP contribution in [0.3, 0.4) is 0 Å². The number of amides is 1. The minimum absolute atomic E-state index is 0.0282. The second kappa shape index (κ2) is 6.54. The zero-order valence-corrected chi connectivity index (χ0v) is 11.7. The van der Waals surface area contributed by atoms with Gasteiger partial charge in [0.1, 0.15) is 17.1 Å². The van der Waals surface area contributed by atoms with Gasteiger partial charge in [0.2, 0.25) is 0 Å². The maximum atomic E-state index is 12.3. The summed E-state index contributed by atoms with van der Waals surface area (Å²) in [7, 11) is 1.69. The Balaban J connectivity index is 2.99. The lowest BCUT2D eigenvalue weighted by Gasteiger charge is -2.27. The summed E-state index contributed by atoms with van der Waals surface area (Å²) in [6.07, 6.45) is 2.82. The molecule has 1 amide bonds. The molecule has 0 heterocycles. The third-order valence-corrected chi connectivity index (χ3v) is 3.65. The number of nitrogens with zero attached hydrogens (tertiary/aromatic N) is 1. The van der Waals surface area contributed by atoms with E-state index in [2.05, 4.69) is 0 Å². The molecule has 1 unspecified atom stereocenters. The van der Waals surface area contributed by atoms with Gasteiger partial charge in [-0.25, -0.2) is 0 Å². The monoisotopic (exact) mass is 269 g/mol. The second-order valence-corrected chi connectivity index (χ2v) is 5.02. The van der Waals surface area contributed by atoms with E-state index in [1.165, 1.54) is 18.2 Å². The van der Waals surface area contributed by atoms with Crippen LogP contribution in [0.2, 0.25) is 0 Å². The van der Waals surface area contributed by atoms with E-state index in [9.17, 15) is 15.0 Å². The van der Waals surface area contributed by atoms with Crippen molar-refractivity contribution in [3.63, 3.8) is 0 Å². The Morgan fingerprint density at radius 2 is 1.94 bits per heavy atom. The fourth-order valence-corrected chi connectivity index (χ4v) is 2.63. The van der Waals surface area contributed by atoms with Gasteiger partial charge in [0, 0.05) is 18.8 Å². The number of benzene rings is 1. The van der Waals surface area contributed by atoms with Crippen LogP contribution in [0.1, 0.15) is 23.7 Å². The second-order valence-electron chi connectivity index (χ2n) is 4.10. The van der Waals surface area contributed by atoms with Crippen molar-refractivity contribution in [2.24, 2.45) is 0 Å². The number of carbonyl (C=O) groups excluding carboxylic acids is 1. The van der Waals surface area contributed by atoms with Gasteiger partial charge in [-0.15, -0.1) is 0 Å². The lowest BCUT2D eigenvalue weighted by Crippen LogP contribution is -2.38. The highest BCUT2D eigenvalue weighted by Crippen LogP contribution is 2.28. The van der Waals surface area contributed by atoms with Crippen LogP contribution < -0.4 is 0 Å². The Morgan fingerprint density at radius 1 is 1.39 bits per heavy atom. The largest absolute Gasteiger partial charge is 0.507 e. The molecule has 1 aromatic carbocycles. The molecule has 0 saturated carbocycles. The summed E-state index contributed by atoms with van der Waals surface area (Å²) >= 11 is 1.66. The van der Waals surface area contributed by atoms with E-state index in [1.807, 2.05) is 13.2 Å². The first-order valence-corrected chi connectivity index (χ1v) is 7.19. The molecule has 0 spiro atoms. The maximum absolute atomic E-state index is 12.3. The Labute approximate surface area is 112 Å². The Hall–Kier alpha value is -1.36. The highest BCUT2D eigenvalue weighted by Gasteiger charge is 2.24. The number of carbonyl (C=O) groups is 1. The molecule has 0 radical (unpaired) electrons. The Morgan fingerprint density at radius 3 is 2.39 bits per heavy atom. The number of hydrogen-bond donors (Lipinski definition) is 2. The van der Waals surface area contributed by atoms with Gasteiger partial charge < -0.3 is 15.1 Å². The minimum atomic E-state index is -0.355. The molecule has 0 aliphatic rings. The van der Waals surface area contributed by atoms with Gasteiger partial charge in [-0.05, 0) is 24.8 Å². The van der Waals surface area contributed by atoms with Crippen LogP contribution in [0.5, 0.6) is 11.5 Å². The van der Waals surface area contributed by atoms with Gasteiger partial charge in [0.25, 0.3) is 5.91 Å². The standard InChI is InChI=1S/C13H19NO3S/c1-4-9(8-18-3)14(2)13(17)12-10(15)6-5-7-11(12)16/h5-7,9,15-16H,4,8H2,1-3H3. The summed E-state index contributed by atoms with van der Waals surface area (Å²) < 4.78 is 0. The molecule has 1 aromatic rings. The average Bonchev–Trinajstić information content (AvgIpc) is 2.34. The minimum Gasteiger partial charge on any atom is -0.507 e. The molecule has 1 atom stereocenters. The maximum Gasteiger partial charge on any atom is 0.261 e. The quantitative estimate of drug-likeness (QED) is 0.861. The first kappa shape index (κ1) is 14.7. The Kier molecular flexibility index (Phi) is 5.34. The summed E-state index contributed by atoms with van der Waals surface area (Å²) in [6, 6.07) is 4.39. The smallest absolute Gasteiger partial charge is 0.261 e. The zero-order valence-electron chi connectivity index (χ0n) is 10.9. The van der Waals surface area contributed by atoms with Crippen LogP contribution in [-0.4, -0.2) is 46.1 Å². The average molecular weight is 269 g/mol. The summed E-state index contributed by atoms with van der Waals surface area (Å²) in [5.74, 6) is 0.0933. The topological polar surface area (TPSA) is 60.8 Å². The third kappa shape index (κ3) is 3.10. The van der Waals surface area contributed by atoms with Crippen molar-refractivity contribution in [1.82, 2.24) is 4.90 Å². The molecular formula is C13H19NO3S. The first-order chi connectivity index (χ1) is 8.52. The molecule has 100 valence electrons. The zero-order chi connectivity index (χ0) is 13.7. The van der Waals surface area contributed by atoms with Crippen LogP contribution in [0.15, 0.2) is 18.2 Å². The van der Waals surface area contributed by atoms with Crippen LogP contribution >= 0.6 is 11.8 Å². The number of rotatable bonds is 5. The molecule has 0 bridgehead atoms. The summed E-state index contributed by atoms with van der Waals surface area (Å²) in [6.45, 7) is 2.01. The van der Waals surface area contributed by atoms with Crippen LogP contribution in [0.25, 0.3) is 0 Å². The van der Waals surface area contributed by atoms with E-state index in [0.29, 0.717) is 0 Å². The van der Waals surface area contributed by atoms with Gasteiger partial charge >= 0.3 is 0 Å². The van der Waals surface area contributed by atoms with Crippen molar-refractivity contribution in [3.05, 3.63) is 23.8 Å². The van der Waals surface area contributed by atoms with E-state index in [4.69, 9.17) is 0 Å². The van der Waals surface area contributed by atoms with E-state index < -0.39 is 0 Å². The molecule has 1 rings (SSSR count). The first-order valence-electron chi connectivity index (χ1n) is 5.79. The highest BCUT2D eigenvalue weighted by atomic mass is 32.2. The predicted octanol–water partition coefficient (Wildman–Crippen LogP) is 2.31. The van der Waals surface area contributed by atoms with Crippen LogP contribution in [-0.2, 0) is 0 Å². The van der Waals surface area contributed by atoms with Gasteiger partial charge in [-0.3, -0.25) is 4.79 Å². The number of phenolic OH excluding ortho intramolecular Hbond substituents is 2. The van der Waals surface area contributed by atoms with Crippen LogP contribution in [0.4, 0.5) is 0 Å². The van der Waals surface area contributed by atoms with E-state index in [1.54, 1.807) is 23.7 Å². The predicted molar refractivity (Wildman–Crippen MR) is 74.3 cm³/mol. The van der Waals surface area contributed by atoms with Crippen molar-refractivity contribution in [3.8, 4) is 11.5 Å². The van der Waals surface area contributed by atoms with Crippen molar-refractivity contribution < 1.29 is 15.0 Å². The van der Waals surface area contributed by atoms with Gasteiger partial charge in [-0.1, -0.05) is 13.0 Å².